The van der Waals surface area contributed by atoms with Crippen LogP contribution in [0, 0.1) is 11.7 Å². The fourth-order valence-corrected chi connectivity index (χ4v) is 1.66. The highest BCUT2D eigenvalue weighted by Crippen LogP contribution is 2.08. The normalized spacial score (nSPS) is 10.5. The van der Waals surface area contributed by atoms with E-state index in [1.165, 1.54) is 11.1 Å². The predicted molar refractivity (Wildman–Crippen MR) is 60.1 cm³/mol. The van der Waals surface area contributed by atoms with Gasteiger partial charge in [-0.05, 0) is 36.7 Å². The zero-order valence-corrected chi connectivity index (χ0v) is 9.29. The van der Waals surface area contributed by atoms with Crippen molar-refractivity contribution in [3.8, 4) is 0 Å². The van der Waals surface area contributed by atoms with Crippen LogP contribution in [0.25, 0.3) is 0 Å². The number of aryl methyl sites for hydroxylation is 3. The Balaban J connectivity index is 2.09. The maximum atomic E-state index is 4.99. The van der Waals surface area contributed by atoms with Crippen LogP contribution < -0.4 is 0 Å². The van der Waals surface area contributed by atoms with Crippen LogP contribution >= 0.6 is 12.2 Å². The second-order valence-corrected chi connectivity index (χ2v) is 3.78. The molecule has 0 spiro atoms. The summed E-state index contributed by atoms with van der Waals surface area (Å²) in [6.45, 7) is 2.90. The summed E-state index contributed by atoms with van der Waals surface area (Å²) in [6, 6.07) is 8.33. The van der Waals surface area contributed by atoms with Gasteiger partial charge < -0.3 is 0 Å². The van der Waals surface area contributed by atoms with E-state index in [2.05, 4.69) is 34.6 Å². The van der Waals surface area contributed by atoms with Crippen molar-refractivity contribution in [2.45, 2.75) is 19.9 Å². The first-order valence-corrected chi connectivity index (χ1v) is 5.20. The number of nitrogens with zero attached hydrogens (tertiary/aromatic N) is 3. The molecular formula is C10H12N4S. The monoisotopic (exact) mass is 220 g/mol. The van der Waals surface area contributed by atoms with E-state index >= 15 is 0 Å². The van der Waals surface area contributed by atoms with Crippen LogP contribution in [0.4, 0.5) is 0 Å². The molecule has 0 fully saturated rings. The Labute approximate surface area is 92.9 Å². The molecule has 2 aromatic rings. The SMILES string of the molecule is Cc1ccccc1CCn1[nH]nnc1=S. The average Bonchev–Trinajstić information content (AvgIpc) is 2.63. The molecular weight excluding hydrogens is 208 g/mol. The largest absolute Gasteiger partial charge is 0.242 e. The van der Waals surface area contributed by atoms with Gasteiger partial charge in [0.25, 0.3) is 0 Å². The van der Waals surface area contributed by atoms with E-state index in [1.807, 2.05) is 12.1 Å². The van der Waals surface area contributed by atoms with Crippen molar-refractivity contribution in [1.82, 2.24) is 20.2 Å². The lowest BCUT2D eigenvalue weighted by Gasteiger charge is -2.04. The van der Waals surface area contributed by atoms with Crippen LogP contribution in [-0.2, 0) is 13.0 Å². The summed E-state index contributed by atoms with van der Waals surface area (Å²) in [7, 11) is 0. The van der Waals surface area contributed by atoms with Gasteiger partial charge in [0.15, 0.2) is 0 Å². The van der Waals surface area contributed by atoms with Crippen molar-refractivity contribution in [3.63, 3.8) is 0 Å². The molecule has 5 heteroatoms. The summed E-state index contributed by atoms with van der Waals surface area (Å²) < 4.78 is 2.27. The lowest BCUT2D eigenvalue weighted by Crippen LogP contribution is -2.04. The molecule has 0 unspecified atom stereocenters. The fourth-order valence-electron chi connectivity index (χ4n) is 1.48. The van der Waals surface area contributed by atoms with Gasteiger partial charge in [-0.15, -0.1) is 0 Å². The average molecular weight is 220 g/mol. The van der Waals surface area contributed by atoms with Crippen LogP contribution in [-0.4, -0.2) is 20.2 Å². The highest BCUT2D eigenvalue weighted by atomic mass is 32.1. The van der Waals surface area contributed by atoms with Crippen LogP contribution in [0.3, 0.4) is 0 Å². The predicted octanol–water partition coefficient (Wildman–Crippen LogP) is 1.89. The van der Waals surface area contributed by atoms with Crippen molar-refractivity contribution >= 4 is 12.2 Å². The Bertz CT molecular complexity index is 500. The van der Waals surface area contributed by atoms with Gasteiger partial charge in [0.2, 0.25) is 4.77 Å². The molecule has 0 aliphatic heterocycles. The van der Waals surface area contributed by atoms with Gasteiger partial charge in [-0.25, -0.2) is 4.68 Å². The number of benzene rings is 1. The maximum absolute atomic E-state index is 4.99. The minimum atomic E-state index is 0.503. The lowest BCUT2D eigenvalue weighted by atomic mass is 10.1. The molecule has 0 saturated carbocycles. The first kappa shape index (κ1) is 10.0. The number of rotatable bonds is 3. The molecule has 0 aliphatic rings. The van der Waals surface area contributed by atoms with Crippen LogP contribution in [0.1, 0.15) is 11.1 Å². The standard InChI is InChI=1S/C10H12N4S/c1-8-4-2-3-5-9(8)6-7-14-10(15)11-12-13-14/h2-5H,6-7H2,1H3,(H,11,13,15). The molecule has 0 saturated heterocycles. The number of aromatic nitrogens is 4. The van der Waals surface area contributed by atoms with E-state index in [0.29, 0.717) is 4.77 Å². The molecule has 0 radical (unpaired) electrons. The Morgan fingerprint density at radius 1 is 1.40 bits per heavy atom. The molecule has 4 nitrogen and oxygen atoms in total. The molecule has 1 aromatic carbocycles. The third kappa shape index (κ3) is 2.30. The Hall–Kier alpha value is -1.49. The van der Waals surface area contributed by atoms with Gasteiger partial charge in [0, 0.05) is 6.54 Å². The molecule has 0 aliphatic carbocycles. The third-order valence-corrected chi connectivity index (χ3v) is 2.70. The summed E-state index contributed by atoms with van der Waals surface area (Å²) in [4.78, 5) is 0. The number of hydrogen-bond acceptors (Lipinski definition) is 3. The smallest absolute Gasteiger partial charge is 0.238 e. The molecule has 15 heavy (non-hydrogen) atoms. The summed E-state index contributed by atoms with van der Waals surface area (Å²) in [5.74, 6) is 0. The van der Waals surface area contributed by atoms with Crippen molar-refractivity contribution in [2.75, 3.05) is 0 Å². The van der Waals surface area contributed by atoms with E-state index in [9.17, 15) is 0 Å². The van der Waals surface area contributed by atoms with E-state index in [-0.39, 0.29) is 0 Å². The van der Waals surface area contributed by atoms with Crippen LogP contribution in [0.15, 0.2) is 24.3 Å². The number of H-pyrrole nitrogens is 1. The summed E-state index contributed by atoms with van der Waals surface area (Å²) in [6.07, 6.45) is 0.935. The van der Waals surface area contributed by atoms with Gasteiger partial charge in [0.05, 0.1) is 0 Å². The van der Waals surface area contributed by atoms with Crippen molar-refractivity contribution in [3.05, 3.63) is 40.2 Å². The van der Waals surface area contributed by atoms with Crippen molar-refractivity contribution in [1.29, 1.82) is 0 Å². The second kappa shape index (κ2) is 4.35. The van der Waals surface area contributed by atoms with Crippen LogP contribution in [0.5, 0.6) is 0 Å². The zero-order valence-electron chi connectivity index (χ0n) is 8.47. The first-order chi connectivity index (χ1) is 7.27. The number of hydrogen-bond donors (Lipinski definition) is 1. The van der Waals surface area contributed by atoms with E-state index in [0.717, 1.165) is 13.0 Å². The Morgan fingerprint density at radius 3 is 2.87 bits per heavy atom. The maximum Gasteiger partial charge on any atom is 0.238 e. The van der Waals surface area contributed by atoms with Crippen LogP contribution in [0.2, 0.25) is 0 Å². The number of tetrazole rings is 1. The Morgan fingerprint density at radius 2 is 2.20 bits per heavy atom. The highest BCUT2D eigenvalue weighted by Gasteiger charge is 1.99. The summed E-state index contributed by atoms with van der Waals surface area (Å²) in [5.41, 5.74) is 2.63. The number of nitrogens with one attached hydrogen (secondary N) is 1. The summed E-state index contributed by atoms with van der Waals surface area (Å²) in [5, 5.41) is 10.1. The van der Waals surface area contributed by atoms with Gasteiger partial charge in [0.1, 0.15) is 0 Å². The van der Waals surface area contributed by atoms with Gasteiger partial charge >= 0.3 is 0 Å². The Kier molecular flexibility index (Phi) is 2.91. The van der Waals surface area contributed by atoms with E-state index < -0.39 is 0 Å². The third-order valence-electron chi connectivity index (χ3n) is 2.40. The molecule has 78 valence electrons. The highest BCUT2D eigenvalue weighted by molar-refractivity contribution is 7.71. The van der Waals surface area contributed by atoms with E-state index in [4.69, 9.17) is 12.2 Å². The molecule has 2 rings (SSSR count). The molecule has 1 heterocycles. The minimum Gasteiger partial charge on any atom is -0.242 e. The molecule has 0 bridgehead atoms. The molecule has 1 aromatic heterocycles. The number of aromatic amines is 1. The fraction of sp³-hybridized carbons (Fsp3) is 0.300. The van der Waals surface area contributed by atoms with E-state index in [1.54, 1.807) is 4.68 Å². The second-order valence-electron chi connectivity index (χ2n) is 3.41. The molecule has 1 N–H and O–H groups in total. The first-order valence-electron chi connectivity index (χ1n) is 4.80. The van der Waals surface area contributed by atoms with Gasteiger partial charge in [-0.2, -0.15) is 5.21 Å². The van der Waals surface area contributed by atoms with Gasteiger partial charge in [-0.1, -0.05) is 34.6 Å². The minimum absolute atomic E-state index is 0.503. The summed E-state index contributed by atoms with van der Waals surface area (Å²) >= 11 is 4.99. The lowest BCUT2D eigenvalue weighted by molar-refractivity contribution is 0.582. The quantitative estimate of drug-likeness (QED) is 0.803. The van der Waals surface area contributed by atoms with Gasteiger partial charge in [-0.3, -0.25) is 0 Å². The van der Waals surface area contributed by atoms with Crippen molar-refractivity contribution < 1.29 is 0 Å². The van der Waals surface area contributed by atoms with Crippen molar-refractivity contribution in [2.24, 2.45) is 0 Å². The molecule has 0 amide bonds. The topological polar surface area (TPSA) is 46.5 Å². The zero-order chi connectivity index (χ0) is 10.7. The molecule has 0 atom stereocenters.